The number of hydrogen-bond acceptors (Lipinski definition) is 1. The SMILES string of the molecule is Cc1ccc(-c2cccc(Br)c2)cc1CN. The highest BCUT2D eigenvalue weighted by Crippen LogP contribution is 2.24. The fourth-order valence-electron chi connectivity index (χ4n) is 1.74. The number of benzene rings is 2. The summed E-state index contributed by atoms with van der Waals surface area (Å²) in [5, 5.41) is 0. The van der Waals surface area contributed by atoms with Gasteiger partial charge in [-0.1, -0.05) is 40.2 Å². The molecule has 2 N–H and O–H groups in total. The molecule has 0 unspecified atom stereocenters. The van der Waals surface area contributed by atoms with Crippen molar-refractivity contribution in [1.29, 1.82) is 0 Å². The molecular formula is C14H14BrN. The van der Waals surface area contributed by atoms with Crippen molar-refractivity contribution in [3.05, 3.63) is 58.1 Å². The Bertz CT molecular complexity index is 506. The summed E-state index contributed by atoms with van der Waals surface area (Å²) in [6.45, 7) is 2.68. The van der Waals surface area contributed by atoms with Crippen molar-refractivity contribution < 1.29 is 0 Å². The topological polar surface area (TPSA) is 26.0 Å². The molecule has 0 amide bonds. The van der Waals surface area contributed by atoms with Crippen molar-refractivity contribution in [3.8, 4) is 11.1 Å². The van der Waals surface area contributed by atoms with E-state index < -0.39 is 0 Å². The van der Waals surface area contributed by atoms with Crippen LogP contribution in [-0.2, 0) is 6.54 Å². The average molecular weight is 276 g/mol. The van der Waals surface area contributed by atoms with Gasteiger partial charge in [0.1, 0.15) is 0 Å². The van der Waals surface area contributed by atoms with Gasteiger partial charge in [0.25, 0.3) is 0 Å². The van der Waals surface area contributed by atoms with Crippen LogP contribution in [0.2, 0.25) is 0 Å². The first-order valence-electron chi connectivity index (χ1n) is 5.26. The van der Waals surface area contributed by atoms with Gasteiger partial charge in [0.2, 0.25) is 0 Å². The van der Waals surface area contributed by atoms with Crippen LogP contribution in [0.4, 0.5) is 0 Å². The molecule has 0 bridgehead atoms. The van der Waals surface area contributed by atoms with Crippen LogP contribution in [0.15, 0.2) is 46.9 Å². The lowest BCUT2D eigenvalue weighted by Gasteiger charge is -2.07. The molecule has 2 aromatic rings. The van der Waals surface area contributed by atoms with Gasteiger partial charge in [-0.15, -0.1) is 0 Å². The Labute approximate surface area is 104 Å². The third-order valence-electron chi connectivity index (χ3n) is 2.73. The maximum Gasteiger partial charge on any atom is 0.0181 e. The highest BCUT2D eigenvalue weighted by molar-refractivity contribution is 9.10. The van der Waals surface area contributed by atoms with E-state index in [1.807, 2.05) is 12.1 Å². The van der Waals surface area contributed by atoms with Crippen molar-refractivity contribution in [2.75, 3.05) is 0 Å². The summed E-state index contributed by atoms with van der Waals surface area (Å²) in [6.07, 6.45) is 0. The molecule has 82 valence electrons. The zero-order valence-corrected chi connectivity index (χ0v) is 10.8. The summed E-state index contributed by atoms with van der Waals surface area (Å²) in [5.74, 6) is 0. The molecule has 0 radical (unpaired) electrons. The van der Waals surface area contributed by atoms with Crippen LogP contribution < -0.4 is 5.73 Å². The monoisotopic (exact) mass is 275 g/mol. The Hall–Kier alpha value is -1.12. The molecule has 2 aromatic carbocycles. The van der Waals surface area contributed by atoms with Crippen LogP contribution >= 0.6 is 15.9 Å². The van der Waals surface area contributed by atoms with E-state index >= 15 is 0 Å². The predicted molar refractivity (Wildman–Crippen MR) is 72.2 cm³/mol. The first kappa shape index (κ1) is 11.4. The minimum atomic E-state index is 0.591. The van der Waals surface area contributed by atoms with E-state index in [1.54, 1.807) is 0 Å². The van der Waals surface area contributed by atoms with Gasteiger partial charge in [-0.25, -0.2) is 0 Å². The van der Waals surface area contributed by atoms with Gasteiger partial charge in [0, 0.05) is 11.0 Å². The molecule has 2 rings (SSSR count). The molecule has 0 saturated heterocycles. The molecule has 0 heterocycles. The van der Waals surface area contributed by atoms with Gasteiger partial charge >= 0.3 is 0 Å². The number of halogens is 1. The number of hydrogen-bond donors (Lipinski definition) is 1. The Morgan fingerprint density at radius 1 is 1.06 bits per heavy atom. The highest BCUT2D eigenvalue weighted by atomic mass is 79.9. The largest absolute Gasteiger partial charge is 0.326 e. The molecule has 0 atom stereocenters. The lowest BCUT2D eigenvalue weighted by Crippen LogP contribution is -1.99. The Kier molecular flexibility index (Phi) is 3.42. The number of rotatable bonds is 2. The first-order valence-corrected chi connectivity index (χ1v) is 6.05. The lowest BCUT2D eigenvalue weighted by atomic mass is 10.00. The van der Waals surface area contributed by atoms with E-state index in [4.69, 9.17) is 5.73 Å². The van der Waals surface area contributed by atoms with Crippen molar-refractivity contribution in [1.82, 2.24) is 0 Å². The second-order valence-electron chi connectivity index (χ2n) is 3.86. The van der Waals surface area contributed by atoms with Crippen LogP contribution in [0.3, 0.4) is 0 Å². The second kappa shape index (κ2) is 4.81. The summed E-state index contributed by atoms with van der Waals surface area (Å²) in [5.41, 5.74) is 10.6. The Morgan fingerprint density at radius 2 is 1.81 bits per heavy atom. The van der Waals surface area contributed by atoms with E-state index in [0.717, 1.165) is 4.47 Å². The third-order valence-corrected chi connectivity index (χ3v) is 3.22. The molecular weight excluding hydrogens is 262 g/mol. The summed E-state index contributed by atoms with van der Waals surface area (Å²) < 4.78 is 1.10. The van der Waals surface area contributed by atoms with Crippen molar-refractivity contribution in [2.24, 2.45) is 5.73 Å². The van der Waals surface area contributed by atoms with Gasteiger partial charge in [0.15, 0.2) is 0 Å². The number of nitrogens with two attached hydrogens (primary N) is 1. The molecule has 1 nitrogen and oxygen atoms in total. The van der Waals surface area contributed by atoms with E-state index in [9.17, 15) is 0 Å². The standard InChI is InChI=1S/C14H14BrN/c1-10-5-6-12(7-13(10)9-16)11-3-2-4-14(15)8-11/h2-8H,9,16H2,1H3. The molecule has 2 heteroatoms. The fourth-order valence-corrected chi connectivity index (χ4v) is 2.14. The smallest absolute Gasteiger partial charge is 0.0181 e. The fraction of sp³-hybridized carbons (Fsp3) is 0.143. The summed E-state index contributed by atoms with van der Waals surface area (Å²) in [7, 11) is 0. The van der Waals surface area contributed by atoms with Gasteiger partial charge in [-0.05, 0) is 47.4 Å². The zero-order valence-electron chi connectivity index (χ0n) is 9.20. The van der Waals surface area contributed by atoms with Crippen molar-refractivity contribution >= 4 is 15.9 Å². The molecule has 0 aliphatic carbocycles. The van der Waals surface area contributed by atoms with Gasteiger partial charge in [0.05, 0.1) is 0 Å². The molecule has 0 aromatic heterocycles. The summed E-state index contributed by atoms with van der Waals surface area (Å²) in [6, 6.07) is 14.7. The Morgan fingerprint density at radius 3 is 2.50 bits per heavy atom. The second-order valence-corrected chi connectivity index (χ2v) is 4.77. The summed E-state index contributed by atoms with van der Waals surface area (Å²) in [4.78, 5) is 0. The van der Waals surface area contributed by atoms with Gasteiger partial charge in [-0.2, -0.15) is 0 Å². The van der Waals surface area contributed by atoms with Crippen LogP contribution in [0.25, 0.3) is 11.1 Å². The number of aryl methyl sites for hydroxylation is 1. The van der Waals surface area contributed by atoms with Crippen molar-refractivity contribution in [3.63, 3.8) is 0 Å². The van der Waals surface area contributed by atoms with Crippen LogP contribution in [0.5, 0.6) is 0 Å². The molecule has 16 heavy (non-hydrogen) atoms. The lowest BCUT2D eigenvalue weighted by molar-refractivity contribution is 1.05. The minimum Gasteiger partial charge on any atom is -0.326 e. The average Bonchev–Trinajstić information content (AvgIpc) is 2.29. The normalized spacial score (nSPS) is 10.4. The Balaban J connectivity index is 2.48. The van der Waals surface area contributed by atoms with Crippen molar-refractivity contribution in [2.45, 2.75) is 13.5 Å². The third kappa shape index (κ3) is 2.34. The van der Waals surface area contributed by atoms with E-state index in [0.29, 0.717) is 6.54 Å². The van der Waals surface area contributed by atoms with Crippen LogP contribution in [0, 0.1) is 6.92 Å². The molecule has 0 aliphatic rings. The molecule has 0 spiro atoms. The zero-order chi connectivity index (χ0) is 11.5. The maximum atomic E-state index is 5.72. The van der Waals surface area contributed by atoms with Gasteiger partial charge < -0.3 is 5.73 Å². The van der Waals surface area contributed by atoms with Crippen LogP contribution in [0.1, 0.15) is 11.1 Å². The predicted octanol–water partition coefficient (Wildman–Crippen LogP) is 3.88. The van der Waals surface area contributed by atoms with Crippen LogP contribution in [-0.4, -0.2) is 0 Å². The maximum absolute atomic E-state index is 5.72. The quantitative estimate of drug-likeness (QED) is 0.885. The van der Waals surface area contributed by atoms with E-state index in [2.05, 4.69) is 53.2 Å². The van der Waals surface area contributed by atoms with Gasteiger partial charge in [-0.3, -0.25) is 0 Å². The van der Waals surface area contributed by atoms with E-state index in [1.165, 1.54) is 22.3 Å². The molecule has 0 fully saturated rings. The summed E-state index contributed by atoms with van der Waals surface area (Å²) >= 11 is 3.48. The molecule has 0 aliphatic heterocycles. The van der Waals surface area contributed by atoms with E-state index in [-0.39, 0.29) is 0 Å². The minimum absolute atomic E-state index is 0.591. The molecule has 0 saturated carbocycles. The first-order chi connectivity index (χ1) is 7.70. The highest BCUT2D eigenvalue weighted by Gasteiger charge is 2.01.